The monoisotopic (exact) mass is 364 g/mol. The van der Waals surface area contributed by atoms with Crippen LogP contribution in [0.15, 0.2) is 36.8 Å². The van der Waals surface area contributed by atoms with E-state index in [2.05, 4.69) is 32.8 Å². The van der Waals surface area contributed by atoms with Crippen molar-refractivity contribution in [2.24, 2.45) is 0 Å². The highest BCUT2D eigenvalue weighted by Gasteiger charge is 2.53. The van der Waals surface area contributed by atoms with Crippen molar-refractivity contribution in [3.63, 3.8) is 0 Å². The van der Waals surface area contributed by atoms with E-state index in [4.69, 9.17) is 20.6 Å². The number of hydrogen-bond donors (Lipinski definition) is 0. The van der Waals surface area contributed by atoms with Crippen molar-refractivity contribution in [3.05, 3.63) is 36.8 Å². The van der Waals surface area contributed by atoms with Crippen LogP contribution < -0.4 is 0 Å². The van der Waals surface area contributed by atoms with E-state index in [0.717, 1.165) is 0 Å². The molecule has 0 aliphatic carbocycles. The van der Waals surface area contributed by atoms with E-state index >= 15 is 0 Å². The summed E-state index contributed by atoms with van der Waals surface area (Å²) < 4.78 is 30.7. The Bertz CT molecular complexity index is 355. The predicted octanol–water partition coefficient (Wildman–Crippen LogP) is -0.760. The molecule has 2 aliphatic rings. The van der Waals surface area contributed by atoms with Crippen molar-refractivity contribution in [1.82, 2.24) is 0 Å². The highest BCUT2D eigenvalue weighted by molar-refractivity contribution is 7.47. The molecular formula is C8H20O5Si6. The number of fused-ring (bicyclic) bond motifs is 2. The highest BCUT2D eigenvalue weighted by Crippen LogP contribution is 2.25. The van der Waals surface area contributed by atoms with Crippen molar-refractivity contribution < 1.29 is 20.6 Å². The molecule has 4 unspecified atom stereocenters. The molecule has 5 nitrogen and oxygen atoms in total. The third-order valence-electron chi connectivity index (χ3n) is 3.12. The Balaban J connectivity index is 2.37. The molecule has 2 fully saturated rings. The lowest BCUT2D eigenvalue weighted by Gasteiger charge is -2.28. The summed E-state index contributed by atoms with van der Waals surface area (Å²) >= 11 is 0. The maximum atomic E-state index is 6.36. The van der Waals surface area contributed by atoms with Gasteiger partial charge in [0.05, 0.1) is 0 Å². The summed E-state index contributed by atoms with van der Waals surface area (Å²) in [6, 6.07) is 0. The Morgan fingerprint density at radius 2 is 1.32 bits per heavy atom. The van der Waals surface area contributed by atoms with Crippen LogP contribution >= 0.6 is 0 Å². The molecule has 2 aliphatic heterocycles. The van der Waals surface area contributed by atoms with Gasteiger partial charge in [0, 0.05) is 0 Å². The van der Waals surface area contributed by atoms with E-state index in [9.17, 15) is 0 Å². The van der Waals surface area contributed by atoms with Crippen LogP contribution in [0.5, 0.6) is 0 Å². The number of rotatable bonds is 3. The van der Waals surface area contributed by atoms with Gasteiger partial charge in [-0.15, -0.1) is 19.7 Å². The Morgan fingerprint density at radius 3 is 1.68 bits per heavy atom. The zero-order valence-corrected chi connectivity index (χ0v) is 18.1. The van der Waals surface area contributed by atoms with Gasteiger partial charge in [0.15, 0.2) is 25.2 Å². The summed E-state index contributed by atoms with van der Waals surface area (Å²) in [4.78, 5) is 0. The minimum absolute atomic E-state index is 1.39. The minimum Gasteiger partial charge on any atom is -0.439 e. The first kappa shape index (κ1) is 15.7. The molecule has 106 valence electrons. The smallest absolute Gasteiger partial charge is 0.439 e. The fraction of sp³-hybridized carbons (Fsp3) is 0.250. The fourth-order valence-corrected chi connectivity index (χ4v) is 46.1. The molecule has 0 aromatic heterocycles. The summed E-state index contributed by atoms with van der Waals surface area (Å²) in [7, 11) is -10.9. The molecule has 0 spiro atoms. The molecule has 0 saturated carbocycles. The van der Waals surface area contributed by atoms with E-state index in [1.165, 1.54) is 0 Å². The second-order valence-electron chi connectivity index (χ2n) is 4.52. The zero-order valence-electron chi connectivity index (χ0n) is 11.3. The van der Waals surface area contributed by atoms with Crippen molar-refractivity contribution in [2.75, 3.05) is 0 Å². The average Bonchev–Trinajstić information content (AvgIpc) is 2.64. The van der Waals surface area contributed by atoms with Gasteiger partial charge in [0.2, 0.25) is 0 Å². The quantitative estimate of drug-likeness (QED) is 0.616. The summed E-state index contributed by atoms with van der Waals surface area (Å²) in [6.07, 6.45) is 0. The molecule has 0 N–H and O–H groups in total. The molecule has 0 aromatic rings. The molecular weight excluding hydrogens is 345 g/mol. The van der Waals surface area contributed by atoms with Gasteiger partial charge in [0.25, 0.3) is 0 Å². The van der Waals surface area contributed by atoms with Crippen LogP contribution in [-0.2, 0) is 20.6 Å². The van der Waals surface area contributed by atoms with Gasteiger partial charge in [-0.05, 0) is 5.70 Å². The molecule has 0 aromatic carbocycles. The van der Waals surface area contributed by atoms with Crippen molar-refractivity contribution in [2.45, 2.75) is 13.1 Å². The molecule has 2 rings (SSSR count). The maximum Gasteiger partial charge on any atom is 0.500 e. The first-order chi connectivity index (χ1) is 9.03. The van der Waals surface area contributed by atoms with Gasteiger partial charge in [0.1, 0.15) is 0 Å². The van der Waals surface area contributed by atoms with Crippen molar-refractivity contribution in [3.8, 4) is 0 Å². The first-order valence-corrected chi connectivity index (χ1v) is 20.3. The molecule has 2 saturated heterocycles. The lowest BCUT2D eigenvalue weighted by atomic mass is 11.3. The summed E-state index contributed by atoms with van der Waals surface area (Å²) in [5.74, 6) is 0. The maximum absolute atomic E-state index is 6.36. The van der Waals surface area contributed by atoms with Crippen LogP contribution in [0.3, 0.4) is 0 Å². The Morgan fingerprint density at radius 1 is 0.842 bits per heavy atom. The van der Waals surface area contributed by atoms with Gasteiger partial charge >= 0.3 is 27.4 Å². The molecule has 0 radical (unpaired) electrons. The first-order valence-electron chi connectivity index (χ1n) is 6.26. The fourth-order valence-electron chi connectivity index (χ4n) is 2.16. The van der Waals surface area contributed by atoms with Crippen LogP contribution in [0, 0.1) is 0 Å². The summed E-state index contributed by atoms with van der Waals surface area (Å²) in [6.45, 7) is 15.9. The zero-order chi connectivity index (χ0) is 14.0. The second-order valence-corrected chi connectivity index (χ2v) is 29.2. The molecule has 19 heavy (non-hydrogen) atoms. The minimum atomic E-state index is -2.83. The van der Waals surface area contributed by atoms with Gasteiger partial charge < -0.3 is 20.6 Å². The van der Waals surface area contributed by atoms with Gasteiger partial charge in [-0.25, -0.2) is 0 Å². The normalized spacial score (nSPS) is 46.7. The van der Waals surface area contributed by atoms with Crippen molar-refractivity contribution >= 4 is 52.6 Å². The van der Waals surface area contributed by atoms with Crippen LogP contribution in [0.25, 0.3) is 0 Å². The van der Waals surface area contributed by atoms with Crippen LogP contribution in [0.4, 0.5) is 0 Å². The number of hydrogen-bond acceptors (Lipinski definition) is 5. The standard InChI is InChI=1S/C8H20O5Si6/c1-6-16-9-14(4)18-13-19(8-3,11-16)12-17(7-2)10-15(18)5/h6-8,14-18H,1-3H2,4-5H3. The topological polar surface area (TPSA) is 46.2 Å². The third kappa shape index (κ3) is 3.32. The van der Waals surface area contributed by atoms with E-state index in [1.807, 2.05) is 0 Å². The van der Waals surface area contributed by atoms with Gasteiger partial charge in [-0.2, -0.15) is 0 Å². The molecule has 2 bridgehead atoms. The molecule has 4 atom stereocenters. The predicted molar refractivity (Wildman–Crippen MR) is 89.2 cm³/mol. The van der Waals surface area contributed by atoms with Gasteiger partial charge in [-0.1, -0.05) is 24.5 Å². The highest BCUT2D eigenvalue weighted by atomic mass is 29.6. The second kappa shape index (κ2) is 6.39. The third-order valence-corrected chi connectivity index (χ3v) is 39.3. The largest absolute Gasteiger partial charge is 0.500 e. The lowest BCUT2D eigenvalue weighted by Crippen LogP contribution is -2.53. The average molecular weight is 365 g/mol. The lowest BCUT2D eigenvalue weighted by molar-refractivity contribution is 0.269. The van der Waals surface area contributed by atoms with Crippen LogP contribution in [0.2, 0.25) is 13.1 Å². The van der Waals surface area contributed by atoms with E-state index in [0.29, 0.717) is 0 Å². The summed E-state index contributed by atoms with van der Waals surface area (Å²) in [5, 5.41) is 0. The molecule has 11 heteroatoms. The van der Waals surface area contributed by atoms with Crippen molar-refractivity contribution in [1.29, 1.82) is 0 Å². The van der Waals surface area contributed by atoms with E-state index in [1.54, 1.807) is 17.1 Å². The van der Waals surface area contributed by atoms with Crippen LogP contribution in [0.1, 0.15) is 0 Å². The van der Waals surface area contributed by atoms with E-state index in [-0.39, 0.29) is 0 Å². The van der Waals surface area contributed by atoms with E-state index < -0.39 is 52.6 Å². The SMILES string of the molecule is C=C[SiH]1O[SiH](C)[SiH]2O[Si](C=C)(O1)O[SiH](C=C)O[SiH]2C. The Labute approximate surface area is 123 Å². The Hall–Kier alpha value is 0.321. The van der Waals surface area contributed by atoms with Gasteiger partial charge in [-0.3, -0.25) is 0 Å². The Kier molecular flexibility index (Phi) is 5.28. The molecule has 0 amide bonds. The molecule has 2 heterocycles. The summed E-state index contributed by atoms with van der Waals surface area (Å²) in [5.41, 5.74) is 5.33. The van der Waals surface area contributed by atoms with Crippen LogP contribution in [-0.4, -0.2) is 52.6 Å².